The van der Waals surface area contributed by atoms with Crippen LogP contribution in [0.4, 0.5) is 35.6 Å². The molecular formula is C23H29F2N9O4S. The Bertz CT molecular complexity index is 1230. The van der Waals surface area contributed by atoms with Gasteiger partial charge in [0.2, 0.25) is 0 Å². The molecule has 210 valence electrons. The Morgan fingerprint density at radius 2 is 2.03 bits per heavy atom. The second-order valence-electron chi connectivity index (χ2n) is 8.78. The number of thiocarbonyl (C=S) groups is 1. The summed E-state index contributed by atoms with van der Waals surface area (Å²) in [5, 5.41) is 6.98. The van der Waals surface area contributed by atoms with Crippen LogP contribution >= 0.6 is 12.2 Å². The molecule has 2 aromatic rings. The van der Waals surface area contributed by atoms with Gasteiger partial charge in [-0.2, -0.15) is 0 Å². The number of carbonyl (C=O) groups excluding carboxylic acids is 2. The smallest absolute Gasteiger partial charge is 0.414 e. The van der Waals surface area contributed by atoms with E-state index in [1.54, 1.807) is 13.1 Å². The summed E-state index contributed by atoms with van der Waals surface area (Å²) in [5.74, 6) is -0.883. The number of hydrogen-bond acceptors (Lipinski definition) is 10. The summed E-state index contributed by atoms with van der Waals surface area (Å²) >= 11 is 4.90. The van der Waals surface area contributed by atoms with E-state index in [1.165, 1.54) is 17.0 Å². The molecule has 1 atom stereocenters. The van der Waals surface area contributed by atoms with Crippen molar-refractivity contribution < 1.29 is 27.8 Å². The zero-order valence-electron chi connectivity index (χ0n) is 21.4. The molecular weight excluding hydrogens is 536 g/mol. The van der Waals surface area contributed by atoms with Crippen molar-refractivity contribution in [3.05, 3.63) is 41.4 Å². The van der Waals surface area contributed by atoms with Gasteiger partial charge in [-0.05, 0) is 19.1 Å². The minimum atomic E-state index is -0.840. The summed E-state index contributed by atoms with van der Waals surface area (Å²) in [6.45, 7) is 2.87. The molecule has 0 unspecified atom stereocenters. The standard InChI is InChI=1S/C23H29F2N9O4S/c1-13-27-9-14(20(26)31-13)10-28-21(35)34-6-5-32(4-3-30-34)19-17(24)7-15(8-18(19)25)33-12-16(38-23(33)36)11-29-22(39)37-2/h7-9,16,30H,3-6,10-12H2,1-2H3,(H,28,35)(H,29,39)(H2,26,27,31)/t16-/m0/s1. The van der Waals surface area contributed by atoms with Crippen molar-refractivity contribution in [3.8, 4) is 0 Å². The molecule has 3 heterocycles. The number of hydrogen-bond donors (Lipinski definition) is 4. The number of hydrazine groups is 1. The summed E-state index contributed by atoms with van der Waals surface area (Å²) in [5.41, 5.74) is 9.17. The third-order valence-corrected chi connectivity index (χ3v) is 6.45. The van der Waals surface area contributed by atoms with Gasteiger partial charge >= 0.3 is 12.1 Å². The van der Waals surface area contributed by atoms with Crippen LogP contribution in [0.5, 0.6) is 0 Å². The van der Waals surface area contributed by atoms with Crippen molar-refractivity contribution in [2.24, 2.45) is 0 Å². The molecule has 1 aromatic carbocycles. The Hall–Kier alpha value is -4.05. The van der Waals surface area contributed by atoms with Crippen LogP contribution in [0.3, 0.4) is 0 Å². The molecule has 16 heteroatoms. The van der Waals surface area contributed by atoms with E-state index in [1.807, 2.05) is 0 Å². The Labute approximate surface area is 228 Å². The van der Waals surface area contributed by atoms with Crippen molar-refractivity contribution in [2.75, 3.05) is 61.9 Å². The molecule has 13 nitrogen and oxygen atoms in total. The third-order valence-electron chi connectivity index (χ3n) is 6.13. The van der Waals surface area contributed by atoms with Crippen molar-refractivity contribution >= 4 is 46.7 Å². The molecule has 5 N–H and O–H groups in total. The van der Waals surface area contributed by atoms with Crippen molar-refractivity contribution in [3.63, 3.8) is 0 Å². The minimum absolute atomic E-state index is 0.0314. The van der Waals surface area contributed by atoms with Crippen LogP contribution in [0.2, 0.25) is 0 Å². The van der Waals surface area contributed by atoms with E-state index in [2.05, 4.69) is 26.0 Å². The number of nitrogen functional groups attached to an aromatic ring is 1. The number of anilines is 3. The summed E-state index contributed by atoms with van der Waals surface area (Å²) in [4.78, 5) is 35.8. The number of amides is 3. The number of nitrogens with one attached hydrogen (secondary N) is 3. The third kappa shape index (κ3) is 6.69. The van der Waals surface area contributed by atoms with Gasteiger partial charge in [0.25, 0.3) is 5.17 Å². The molecule has 2 aliphatic rings. The van der Waals surface area contributed by atoms with Crippen LogP contribution in [0.25, 0.3) is 0 Å². The fourth-order valence-corrected chi connectivity index (χ4v) is 4.24. The molecule has 1 aromatic heterocycles. The molecule has 2 saturated heterocycles. The molecule has 0 bridgehead atoms. The molecule has 0 spiro atoms. The predicted octanol–water partition coefficient (Wildman–Crippen LogP) is 1.03. The monoisotopic (exact) mass is 565 g/mol. The number of urea groups is 1. The van der Waals surface area contributed by atoms with E-state index in [0.717, 1.165) is 17.0 Å². The first-order valence-corrected chi connectivity index (χ1v) is 12.5. The number of nitrogens with zero attached hydrogens (tertiary/aromatic N) is 5. The molecule has 0 saturated carbocycles. The van der Waals surface area contributed by atoms with Gasteiger partial charge in [0, 0.05) is 50.1 Å². The summed E-state index contributed by atoms with van der Waals surface area (Å²) in [6.07, 6.45) is 0.233. The number of halogens is 2. The van der Waals surface area contributed by atoms with Gasteiger partial charge in [-0.3, -0.25) is 9.91 Å². The van der Waals surface area contributed by atoms with E-state index >= 15 is 8.78 Å². The highest BCUT2D eigenvalue weighted by atomic mass is 32.1. The molecule has 2 aliphatic heterocycles. The summed E-state index contributed by atoms with van der Waals surface area (Å²) in [6, 6.07) is 1.74. The first kappa shape index (κ1) is 28.0. The Morgan fingerprint density at radius 3 is 2.72 bits per heavy atom. The fraction of sp³-hybridized carbons (Fsp3) is 0.435. The minimum Gasteiger partial charge on any atom is -0.474 e. The van der Waals surface area contributed by atoms with Gasteiger partial charge in [0.15, 0.2) is 11.6 Å². The maximum atomic E-state index is 15.2. The number of nitrogens with two attached hydrogens (primary N) is 1. The predicted molar refractivity (Wildman–Crippen MR) is 142 cm³/mol. The summed E-state index contributed by atoms with van der Waals surface area (Å²) < 4.78 is 40.5. The molecule has 4 rings (SSSR count). The highest BCUT2D eigenvalue weighted by molar-refractivity contribution is 7.80. The highest BCUT2D eigenvalue weighted by Crippen LogP contribution is 2.31. The molecule has 2 fully saturated rings. The molecule has 0 radical (unpaired) electrons. The lowest BCUT2D eigenvalue weighted by Gasteiger charge is -2.25. The van der Waals surface area contributed by atoms with Gasteiger partial charge in [-0.15, -0.1) is 0 Å². The zero-order chi connectivity index (χ0) is 28.1. The average Bonchev–Trinajstić information content (AvgIpc) is 3.10. The van der Waals surface area contributed by atoms with Crippen LogP contribution in [0.1, 0.15) is 11.4 Å². The van der Waals surface area contributed by atoms with Gasteiger partial charge in [-0.25, -0.2) is 33.8 Å². The number of rotatable bonds is 6. The van der Waals surface area contributed by atoms with Gasteiger partial charge in [-0.1, -0.05) is 0 Å². The maximum Gasteiger partial charge on any atom is 0.414 e. The number of aromatic nitrogens is 2. The average molecular weight is 566 g/mol. The van der Waals surface area contributed by atoms with Gasteiger partial charge < -0.3 is 30.7 Å². The normalized spacial score (nSPS) is 17.5. The number of ether oxygens (including phenoxy) is 2. The Balaban J connectivity index is 1.37. The van der Waals surface area contributed by atoms with Crippen LogP contribution in [-0.4, -0.2) is 84.8 Å². The van der Waals surface area contributed by atoms with E-state index in [0.29, 0.717) is 11.4 Å². The highest BCUT2D eigenvalue weighted by Gasteiger charge is 2.34. The van der Waals surface area contributed by atoms with E-state index in [-0.39, 0.29) is 68.2 Å². The van der Waals surface area contributed by atoms with Crippen molar-refractivity contribution in [2.45, 2.75) is 19.6 Å². The number of carbonyl (C=O) groups is 2. The van der Waals surface area contributed by atoms with Crippen LogP contribution < -0.4 is 31.6 Å². The number of benzene rings is 1. The van der Waals surface area contributed by atoms with Gasteiger partial charge in [0.05, 0.1) is 32.4 Å². The number of cyclic esters (lactones) is 1. The number of aryl methyl sites for hydroxylation is 1. The molecule has 39 heavy (non-hydrogen) atoms. The largest absolute Gasteiger partial charge is 0.474 e. The second kappa shape index (κ2) is 12.2. The van der Waals surface area contributed by atoms with Crippen LogP contribution in [0, 0.1) is 18.6 Å². The topological polar surface area (TPSA) is 150 Å². The molecule has 0 aliphatic carbocycles. The Kier molecular flexibility index (Phi) is 8.75. The summed E-state index contributed by atoms with van der Waals surface area (Å²) in [7, 11) is 1.40. The van der Waals surface area contributed by atoms with Crippen LogP contribution in [-0.2, 0) is 16.0 Å². The molecule has 3 amide bonds. The zero-order valence-corrected chi connectivity index (χ0v) is 22.2. The van der Waals surface area contributed by atoms with E-state index in [9.17, 15) is 9.59 Å². The first-order valence-electron chi connectivity index (χ1n) is 12.1. The van der Waals surface area contributed by atoms with E-state index in [4.69, 9.17) is 27.4 Å². The lowest BCUT2D eigenvalue weighted by atomic mass is 10.2. The SMILES string of the molecule is COC(=S)NC[C@H]1CN(c2cc(F)c(N3CCNN(C(=O)NCc4cnc(C)nc4N)CC3)c(F)c2)C(=O)O1. The lowest BCUT2D eigenvalue weighted by molar-refractivity contribution is 0.142. The van der Waals surface area contributed by atoms with Crippen molar-refractivity contribution in [1.82, 2.24) is 31.0 Å². The quantitative estimate of drug-likeness (QED) is 0.372. The van der Waals surface area contributed by atoms with Crippen LogP contribution in [0.15, 0.2) is 18.3 Å². The van der Waals surface area contributed by atoms with E-state index < -0.39 is 29.9 Å². The number of methoxy groups -OCH3 is 1. The fourth-order valence-electron chi connectivity index (χ4n) is 4.16. The second-order valence-corrected chi connectivity index (χ2v) is 9.15. The Morgan fingerprint density at radius 1 is 1.28 bits per heavy atom. The lowest BCUT2D eigenvalue weighted by Crippen LogP contribution is -2.48. The first-order chi connectivity index (χ1) is 18.7. The van der Waals surface area contributed by atoms with Gasteiger partial charge in [0.1, 0.15) is 23.4 Å². The maximum absolute atomic E-state index is 15.2. The van der Waals surface area contributed by atoms with Crippen molar-refractivity contribution in [1.29, 1.82) is 0 Å².